The number of likely N-dealkylation sites (tertiary alicyclic amines) is 1. The third-order valence-corrected chi connectivity index (χ3v) is 4.55. The van der Waals surface area contributed by atoms with Crippen LogP contribution in [-0.4, -0.2) is 62.9 Å². The summed E-state index contributed by atoms with van der Waals surface area (Å²) in [7, 11) is 4.62. The van der Waals surface area contributed by atoms with Gasteiger partial charge in [0.05, 0.1) is 27.9 Å². The molecule has 0 amide bonds. The van der Waals surface area contributed by atoms with Crippen molar-refractivity contribution in [1.29, 1.82) is 0 Å². The lowest BCUT2D eigenvalue weighted by molar-refractivity contribution is 0.0963. The van der Waals surface area contributed by atoms with Crippen molar-refractivity contribution in [2.45, 2.75) is 31.7 Å². The van der Waals surface area contributed by atoms with Gasteiger partial charge in [0.1, 0.15) is 22.8 Å². The highest BCUT2D eigenvalue weighted by Crippen LogP contribution is 2.35. The van der Waals surface area contributed by atoms with Crippen molar-refractivity contribution >= 4 is 18.2 Å². The van der Waals surface area contributed by atoms with Crippen molar-refractivity contribution in [1.82, 2.24) is 4.90 Å². The smallest absolute Gasteiger partial charge is 0.170 e. The molecule has 6 nitrogen and oxygen atoms in total. The zero-order chi connectivity index (χ0) is 17.5. The third-order valence-electron chi connectivity index (χ3n) is 4.55. The van der Waals surface area contributed by atoms with Gasteiger partial charge in [-0.25, -0.2) is 0 Å². The molecular weight excluding hydrogens is 346 g/mol. The number of carbonyl (C=O) groups excluding carboxylic acids is 1. The second kappa shape index (κ2) is 10.5. The van der Waals surface area contributed by atoms with Crippen LogP contribution >= 0.6 is 12.4 Å². The number of ether oxygens (including phenoxy) is 3. The Labute approximate surface area is 155 Å². The highest BCUT2D eigenvalue weighted by Gasteiger charge is 2.24. The van der Waals surface area contributed by atoms with E-state index in [9.17, 15) is 9.90 Å². The first-order valence-electron chi connectivity index (χ1n) is 8.32. The van der Waals surface area contributed by atoms with Crippen molar-refractivity contribution in [2.24, 2.45) is 0 Å². The molecule has 1 aliphatic heterocycles. The largest absolute Gasteiger partial charge is 0.496 e. The quantitative estimate of drug-likeness (QED) is 0.671. The summed E-state index contributed by atoms with van der Waals surface area (Å²) in [5.74, 6) is 1.51. The summed E-state index contributed by atoms with van der Waals surface area (Å²) in [5, 5.41) is 9.36. The zero-order valence-corrected chi connectivity index (χ0v) is 15.9. The molecule has 0 radical (unpaired) electrons. The maximum Gasteiger partial charge on any atom is 0.170 e. The number of aliphatic hydroxyl groups is 1. The molecule has 0 saturated carbocycles. The minimum atomic E-state index is -0.00824. The summed E-state index contributed by atoms with van der Waals surface area (Å²) in [6.07, 6.45) is 3.30. The molecule has 0 aliphatic carbocycles. The van der Waals surface area contributed by atoms with Gasteiger partial charge in [-0.3, -0.25) is 9.69 Å². The van der Waals surface area contributed by atoms with Crippen LogP contribution in [0.3, 0.4) is 0 Å². The second-order valence-corrected chi connectivity index (χ2v) is 5.95. The fraction of sp³-hybridized carbons (Fsp3) is 0.611. The molecule has 25 heavy (non-hydrogen) atoms. The number of nitrogens with zero attached hydrogens (tertiary/aromatic N) is 1. The van der Waals surface area contributed by atoms with E-state index in [1.807, 2.05) is 0 Å². The van der Waals surface area contributed by atoms with Gasteiger partial charge in [-0.05, 0) is 32.4 Å². The molecule has 1 fully saturated rings. The van der Waals surface area contributed by atoms with Crippen molar-refractivity contribution in [3.8, 4) is 17.2 Å². The fourth-order valence-corrected chi connectivity index (χ4v) is 3.24. The lowest BCUT2D eigenvalue weighted by Crippen LogP contribution is -2.33. The average Bonchev–Trinajstić information content (AvgIpc) is 3.07. The van der Waals surface area contributed by atoms with E-state index in [0.717, 1.165) is 32.4 Å². The van der Waals surface area contributed by atoms with Crippen molar-refractivity contribution in [3.05, 3.63) is 17.7 Å². The number of benzene rings is 1. The van der Waals surface area contributed by atoms with Crippen LogP contribution in [0.15, 0.2) is 12.1 Å². The molecule has 1 atom stereocenters. The van der Waals surface area contributed by atoms with E-state index in [2.05, 4.69) is 4.90 Å². The van der Waals surface area contributed by atoms with Gasteiger partial charge in [0.25, 0.3) is 0 Å². The third kappa shape index (κ3) is 5.23. The van der Waals surface area contributed by atoms with E-state index < -0.39 is 0 Å². The van der Waals surface area contributed by atoms with Crippen LogP contribution < -0.4 is 14.2 Å². The standard InChI is InChI=1S/C18H27NO5.ClH/c1-22-14-10-16(23-2)18(17(11-14)24-3)15(21)7-5-9-19-8-4-6-13(19)12-20;/h10-11,13,20H,4-9,12H2,1-3H3;1H. The number of halogens is 1. The Kier molecular flexibility index (Phi) is 9.03. The summed E-state index contributed by atoms with van der Waals surface area (Å²) >= 11 is 0. The summed E-state index contributed by atoms with van der Waals surface area (Å²) in [5.41, 5.74) is 0.459. The van der Waals surface area contributed by atoms with Gasteiger partial charge < -0.3 is 19.3 Å². The molecule has 0 aromatic heterocycles. The molecular formula is C18H28ClNO5. The number of rotatable bonds is 9. The maximum atomic E-state index is 12.7. The number of methoxy groups -OCH3 is 3. The number of hydrogen-bond acceptors (Lipinski definition) is 6. The van der Waals surface area contributed by atoms with E-state index in [1.54, 1.807) is 19.2 Å². The second-order valence-electron chi connectivity index (χ2n) is 5.95. The first-order valence-corrected chi connectivity index (χ1v) is 8.32. The zero-order valence-electron chi connectivity index (χ0n) is 15.1. The van der Waals surface area contributed by atoms with Crippen LogP contribution in [0.4, 0.5) is 0 Å². The van der Waals surface area contributed by atoms with Crippen LogP contribution in [0, 0.1) is 0 Å². The van der Waals surface area contributed by atoms with Crippen LogP contribution in [0.2, 0.25) is 0 Å². The van der Waals surface area contributed by atoms with Gasteiger partial charge >= 0.3 is 0 Å². The number of ketones is 1. The highest BCUT2D eigenvalue weighted by atomic mass is 35.5. The van der Waals surface area contributed by atoms with Gasteiger partial charge in [0.2, 0.25) is 0 Å². The molecule has 142 valence electrons. The predicted octanol–water partition coefficient (Wildman–Crippen LogP) is 2.55. The van der Waals surface area contributed by atoms with Crippen molar-refractivity contribution in [2.75, 3.05) is 41.0 Å². The first-order chi connectivity index (χ1) is 11.6. The van der Waals surface area contributed by atoms with E-state index >= 15 is 0 Å². The van der Waals surface area contributed by atoms with Gasteiger partial charge in [0, 0.05) is 24.6 Å². The number of carbonyl (C=O) groups is 1. The molecule has 1 heterocycles. The molecule has 1 aromatic carbocycles. The lowest BCUT2D eigenvalue weighted by Gasteiger charge is -2.22. The Bertz CT molecular complexity index is 541. The van der Waals surface area contributed by atoms with Crippen LogP contribution in [0.25, 0.3) is 0 Å². The SMILES string of the molecule is COc1cc(OC)c(C(=O)CCCN2CCCC2CO)c(OC)c1.Cl. The van der Waals surface area contributed by atoms with Crippen LogP contribution in [0.5, 0.6) is 17.2 Å². The van der Waals surface area contributed by atoms with Crippen molar-refractivity contribution in [3.63, 3.8) is 0 Å². The molecule has 1 aliphatic rings. The average molecular weight is 374 g/mol. The topological polar surface area (TPSA) is 68.2 Å². The summed E-state index contributed by atoms with van der Waals surface area (Å²) in [4.78, 5) is 14.9. The number of aliphatic hydroxyl groups excluding tert-OH is 1. The van der Waals surface area contributed by atoms with E-state index in [1.165, 1.54) is 14.2 Å². The Morgan fingerprint density at radius 1 is 1.20 bits per heavy atom. The number of hydrogen-bond donors (Lipinski definition) is 1. The predicted molar refractivity (Wildman–Crippen MR) is 98.6 cm³/mol. The highest BCUT2D eigenvalue weighted by molar-refractivity contribution is 6.01. The normalized spacial score (nSPS) is 17.0. The Hall–Kier alpha value is -1.50. The van der Waals surface area contributed by atoms with E-state index in [4.69, 9.17) is 14.2 Å². The molecule has 0 bridgehead atoms. The van der Waals surface area contributed by atoms with Gasteiger partial charge in [-0.15, -0.1) is 12.4 Å². The number of Topliss-reactive ketones (excluding diaryl/α,β-unsaturated/α-hetero) is 1. The Morgan fingerprint density at radius 2 is 1.84 bits per heavy atom. The van der Waals surface area contributed by atoms with Crippen LogP contribution in [-0.2, 0) is 0 Å². The molecule has 1 N–H and O–H groups in total. The Balaban J connectivity index is 0.00000312. The summed E-state index contributed by atoms with van der Waals surface area (Å²) in [6, 6.07) is 3.63. The van der Waals surface area contributed by atoms with Crippen LogP contribution in [0.1, 0.15) is 36.0 Å². The minimum absolute atomic E-state index is 0. The molecule has 1 aromatic rings. The van der Waals surface area contributed by atoms with Gasteiger partial charge in [0.15, 0.2) is 5.78 Å². The van der Waals surface area contributed by atoms with Gasteiger partial charge in [-0.2, -0.15) is 0 Å². The molecule has 1 unspecified atom stereocenters. The van der Waals surface area contributed by atoms with E-state index in [0.29, 0.717) is 29.2 Å². The van der Waals surface area contributed by atoms with E-state index in [-0.39, 0.29) is 30.8 Å². The Morgan fingerprint density at radius 3 is 2.36 bits per heavy atom. The molecule has 2 rings (SSSR count). The monoisotopic (exact) mass is 373 g/mol. The minimum Gasteiger partial charge on any atom is -0.496 e. The summed E-state index contributed by atoms with van der Waals surface area (Å²) in [6.45, 7) is 2.00. The maximum absolute atomic E-state index is 12.7. The molecule has 0 spiro atoms. The molecule has 1 saturated heterocycles. The lowest BCUT2D eigenvalue weighted by atomic mass is 10.0. The van der Waals surface area contributed by atoms with Crippen molar-refractivity contribution < 1.29 is 24.1 Å². The fourth-order valence-electron chi connectivity index (χ4n) is 3.24. The summed E-state index contributed by atoms with van der Waals surface area (Å²) < 4.78 is 15.9. The first kappa shape index (κ1) is 21.5. The molecule has 7 heteroatoms. The van der Waals surface area contributed by atoms with Gasteiger partial charge in [-0.1, -0.05) is 0 Å².